The molecular formula is C19H38O4Si. The van der Waals surface area contributed by atoms with Crippen LogP contribution in [0, 0.1) is 5.92 Å². The molecule has 0 aromatic heterocycles. The zero-order valence-corrected chi connectivity index (χ0v) is 18.0. The second-order valence-electron chi connectivity index (χ2n) is 8.64. The Morgan fingerprint density at radius 2 is 1.42 bits per heavy atom. The summed E-state index contributed by atoms with van der Waals surface area (Å²) in [5.74, 6) is 0.319. The van der Waals surface area contributed by atoms with E-state index in [-0.39, 0.29) is 30.7 Å². The van der Waals surface area contributed by atoms with Gasteiger partial charge in [0, 0.05) is 5.92 Å². The Kier molecular flexibility index (Phi) is 6.57. The van der Waals surface area contributed by atoms with Crippen molar-refractivity contribution in [3.8, 4) is 0 Å². The minimum absolute atomic E-state index is 0.0180. The lowest BCUT2D eigenvalue weighted by atomic mass is 9.88. The second-order valence-corrected chi connectivity index (χ2v) is 14.0. The summed E-state index contributed by atoms with van der Waals surface area (Å²) < 4.78 is 25.1. The minimum atomic E-state index is -1.96. The second kappa shape index (κ2) is 7.75. The summed E-state index contributed by atoms with van der Waals surface area (Å²) in [6, 6.07) is 0. The van der Waals surface area contributed by atoms with E-state index in [4.69, 9.17) is 18.6 Å². The largest absolute Gasteiger partial charge is 0.410 e. The molecule has 0 saturated carbocycles. The van der Waals surface area contributed by atoms with Crippen LogP contribution in [0.25, 0.3) is 0 Å². The van der Waals surface area contributed by atoms with E-state index in [0.717, 1.165) is 0 Å². The molecule has 2 aliphatic heterocycles. The van der Waals surface area contributed by atoms with Crippen molar-refractivity contribution >= 4 is 8.32 Å². The lowest BCUT2D eigenvalue weighted by molar-refractivity contribution is -0.308. The predicted molar refractivity (Wildman–Crippen MR) is 99.7 cm³/mol. The molecule has 2 saturated heterocycles. The highest BCUT2D eigenvalue weighted by Crippen LogP contribution is 2.46. The standard InChI is InChI=1S/C19H38O4Si/c1-11(2)24(12(3)4,13(5)6)23-18-14(7)15(8)21-17-10-20-16(9)22-19(17)18/h11-19H,10H2,1-9H3/t14?,15-,16?,17?,18+,19-/m0/s1. The molecule has 0 bridgehead atoms. The first-order chi connectivity index (χ1) is 11.1. The van der Waals surface area contributed by atoms with Gasteiger partial charge in [-0.05, 0) is 30.5 Å². The van der Waals surface area contributed by atoms with Crippen LogP contribution in [0.4, 0.5) is 0 Å². The van der Waals surface area contributed by atoms with Gasteiger partial charge in [0.1, 0.15) is 12.2 Å². The summed E-state index contributed by atoms with van der Waals surface area (Å²) in [6.07, 6.45) is 0.0208. The lowest BCUT2D eigenvalue weighted by Crippen LogP contribution is -2.63. The number of ether oxygens (including phenoxy) is 3. The van der Waals surface area contributed by atoms with E-state index in [1.807, 2.05) is 6.92 Å². The molecule has 2 aliphatic rings. The summed E-state index contributed by atoms with van der Waals surface area (Å²) in [7, 11) is -1.96. The molecule has 6 atom stereocenters. The van der Waals surface area contributed by atoms with Crippen molar-refractivity contribution in [3.63, 3.8) is 0 Å². The first-order valence-corrected chi connectivity index (χ1v) is 11.9. The molecule has 0 aliphatic carbocycles. The van der Waals surface area contributed by atoms with Gasteiger partial charge in [-0.25, -0.2) is 0 Å². The normalized spacial score (nSPS) is 38.0. The number of rotatable bonds is 5. The number of hydrogen-bond donors (Lipinski definition) is 0. The third-order valence-corrected chi connectivity index (χ3v) is 12.3. The molecular weight excluding hydrogens is 320 g/mol. The van der Waals surface area contributed by atoms with Crippen molar-refractivity contribution in [1.82, 2.24) is 0 Å². The summed E-state index contributed by atoms with van der Waals surface area (Å²) in [4.78, 5) is 0. The van der Waals surface area contributed by atoms with E-state index in [9.17, 15) is 0 Å². The van der Waals surface area contributed by atoms with Crippen molar-refractivity contribution < 1.29 is 18.6 Å². The first-order valence-electron chi connectivity index (χ1n) is 9.71. The SMILES string of the molecule is CC1OCC2O[C@@H](C)C(C)[C@@H](O[Si](C(C)C)(C(C)C)C(C)C)[C@H]2O1. The van der Waals surface area contributed by atoms with Crippen LogP contribution in [0.2, 0.25) is 16.6 Å². The highest BCUT2D eigenvalue weighted by molar-refractivity contribution is 6.77. The van der Waals surface area contributed by atoms with E-state index in [1.165, 1.54) is 0 Å². The topological polar surface area (TPSA) is 36.9 Å². The molecule has 0 aromatic carbocycles. The summed E-state index contributed by atoms with van der Waals surface area (Å²) >= 11 is 0. The van der Waals surface area contributed by atoms with E-state index in [2.05, 4.69) is 55.4 Å². The highest BCUT2D eigenvalue weighted by Gasteiger charge is 2.53. The summed E-state index contributed by atoms with van der Waals surface area (Å²) in [5.41, 5.74) is 1.70. The van der Waals surface area contributed by atoms with Gasteiger partial charge >= 0.3 is 0 Å². The maximum absolute atomic E-state index is 7.14. The van der Waals surface area contributed by atoms with Crippen LogP contribution in [0.5, 0.6) is 0 Å². The molecule has 2 rings (SSSR count). The van der Waals surface area contributed by atoms with Crippen LogP contribution in [0.3, 0.4) is 0 Å². The molecule has 5 heteroatoms. The molecule has 0 aromatic rings. The Morgan fingerprint density at radius 3 is 1.92 bits per heavy atom. The van der Waals surface area contributed by atoms with Crippen molar-refractivity contribution in [2.75, 3.05) is 6.61 Å². The van der Waals surface area contributed by atoms with E-state index in [0.29, 0.717) is 29.1 Å². The van der Waals surface area contributed by atoms with Gasteiger partial charge in [-0.3, -0.25) is 0 Å². The monoisotopic (exact) mass is 358 g/mol. The van der Waals surface area contributed by atoms with Gasteiger partial charge in [-0.15, -0.1) is 0 Å². The Hall–Kier alpha value is 0.0569. The van der Waals surface area contributed by atoms with Crippen LogP contribution >= 0.6 is 0 Å². The van der Waals surface area contributed by atoms with Crippen LogP contribution in [0.1, 0.15) is 62.3 Å². The molecule has 0 spiro atoms. The maximum Gasteiger partial charge on any atom is 0.200 e. The van der Waals surface area contributed by atoms with Crippen LogP contribution in [0.15, 0.2) is 0 Å². The fraction of sp³-hybridized carbons (Fsp3) is 1.00. The van der Waals surface area contributed by atoms with Crippen molar-refractivity contribution in [3.05, 3.63) is 0 Å². The molecule has 142 valence electrons. The van der Waals surface area contributed by atoms with Crippen LogP contribution < -0.4 is 0 Å². The average molecular weight is 359 g/mol. The highest BCUT2D eigenvalue weighted by atomic mass is 28.4. The zero-order chi connectivity index (χ0) is 18.2. The molecule has 2 heterocycles. The van der Waals surface area contributed by atoms with Gasteiger partial charge < -0.3 is 18.6 Å². The zero-order valence-electron chi connectivity index (χ0n) is 17.0. The quantitative estimate of drug-likeness (QED) is 0.666. The first kappa shape index (κ1) is 20.4. The van der Waals surface area contributed by atoms with Crippen molar-refractivity contribution in [1.29, 1.82) is 0 Å². The van der Waals surface area contributed by atoms with Crippen LogP contribution in [-0.4, -0.2) is 45.6 Å². The minimum Gasteiger partial charge on any atom is -0.410 e. The van der Waals surface area contributed by atoms with Gasteiger partial charge in [-0.2, -0.15) is 0 Å². The number of fused-ring (bicyclic) bond motifs is 1. The van der Waals surface area contributed by atoms with E-state index in [1.54, 1.807) is 0 Å². The Balaban J connectivity index is 2.34. The third-order valence-electron chi connectivity index (χ3n) is 6.23. The summed E-state index contributed by atoms with van der Waals surface area (Å²) in [5, 5.41) is 0. The lowest BCUT2D eigenvalue weighted by Gasteiger charge is -2.53. The smallest absolute Gasteiger partial charge is 0.200 e. The van der Waals surface area contributed by atoms with Gasteiger partial charge in [0.15, 0.2) is 6.29 Å². The molecule has 2 fully saturated rings. The fourth-order valence-corrected chi connectivity index (χ4v) is 10.5. The molecule has 0 N–H and O–H groups in total. The van der Waals surface area contributed by atoms with Gasteiger partial charge in [0.2, 0.25) is 8.32 Å². The third kappa shape index (κ3) is 3.61. The molecule has 24 heavy (non-hydrogen) atoms. The van der Waals surface area contributed by atoms with Crippen LogP contribution in [-0.2, 0) is 18.6 Å². The van der Waals surface area contributed by atoms with Gasteiger partial charge in [0.25, 0.3) is 0 Å². The van der Waals surface area contributed by atoms with E-state index < -0.39 is 8.32 Å². The molecule has 3 unspecified atom stereocenters. The maximum atomic E-state index is 7.14. The Morgan fingerprint density at radius 1 is 0.875 bits per heavy atom. The Bertz CT molecular complexity index is 390. The van der Waals surface area contributed by atoms with Gasteiger partial charge in [0.05, 0.1) is 18.8 Å². The average Bonchev–Trinajstić information content (AvgIpc) is 2.47. The number of hydrogen-bond acceptors (Lipinski definition) is 4. The predicted octanol–water partition coefficient (Wildman–Crippen LogP) is 4.73. The fourth-order valence-electron chi connectivity index (χ4n) is 4.86. The molecule has 0 amide bonds. The van der Waals surface area contributed by atoms with Crippen molar-refractivity contribution in [2.45, 2.75) is 110 Å². The van der Waals surface area contributed by atoms with Crippen molar-refractivity contribution in [2.24, 2.45) is 5.92 Å². The van der Waals surface area contributed by atoms with E-state index >= 15 is 0 Å². The summed E-state index contributed by atoms with van der Waals surface area (Å²) in [6.45, 7) is 21.0. The molecule has 4 nitrogen and oxygen atoms in total. The molecule has 0 radical (unpaired) electrons. The Labute approximate surface area is 149 Å². The van der Waals surface area contributed by atoms with Gasteiger partial charge in [-0.1, -0.05) is 48.5 Å².